The molecule has 0 aromatic rings. The highest BCUT2D eigenvalue weighted by atomic mass is 79.9. The zero-order valence-corrected chi connectivity index (χ0v) is 12.5. The average molecular weight is 304 g/mol. The predicted molar refractivity (Wildman–Crippen MR) is 71.5 cm³/mol. The summed E-state index contributed by atoms with van der Waals surface area (Å²) in [5, 5.41) is 0. The molecule has 0 bridgehead atoms. The van der Waals surface area contributed by atoms with Crippen LogP contribution in [0.2, 0.25) is 0 Å². The average Bonchev–Trinajstić information content (AvgIpc) is 2.12. The van der Waals surface area contributed by atoms with Gasteiger partial charge in [0, 0.05) is 16.9 Å². The first-order valence-corrected chi connectivity index (χ1v) is 7.39. The lowest BCUT2D eigenvalue weighted by Gasteiger charge is -2.54. The molecule has 1 saturated heterocycles. The maximum Gasteiger partial charge on any atom is 0.410 e. The molecule has 1 heterocycles. The Morgan fingerprint density at radius 3 is 2.53 bits per heavy atom. The van der Waals surface area contributed by atoms with Crippen LogP contribution < -0.4 is 0 Å². The van der Waals surface area contributed by atoms with E-state index in [1.807, 2.05) is 25.7 Å². The number of piperidine rings is 1. The number of alkyl halides is 1. The molecule has 1 atom stereocenters. The van der Waals surface area contributed by atoms with Gasteiger partial charge in [0.2, 0.25) is 0 Å². The van der Waals surface area contributed by atoms with E-state index in [0.717, 1.165) is 32.2 Å². The molecule has 3 nitrogen and oxygen atoms in total. The Labute approximate surface area is 112 Å². The van der Waals surface area contributed by atoms with Gasteiger partial charge in [-0.25, -0.2) is 4.79 Å². The Kier molecular flexibility index (Phi) is 3.45. The van der Waals surface area contributed by atoms with E-state index in [1.165, 1.54) is 6.42 Å². The fourth-order valence-electron chi connectivity index (χ4n) is 2.79. The van der Waals surface area contributed by atoms with Crippen LogP contribution >= 0.6 is 15.9 Å². The topological polar surface area (TPSA) is 29.5 Å². The zero-order valence-electron chi connectivity index (χ0n) is 11.0. The van der Waals surface area contributed by atoms with E-state index in [1.54, 1.807) is 0 Å². The third kappa shape index (κ3) is 2.78. The van der Waals surface area contributed by atoms with Crippen molar-refractivity contribution < 1.29 is 9.53 Å². The summed E-state index contributed by atoms with van der Waals surface area (Å²) in [7, 11) is 0. The molecule has 0 N–H and O–H groups in total. The fourth-order valence-corrected chi connectivity index (χ4v) is 3.60. The molecule has 1 aliphatic heterocycles. The van der Waals surface area contributed by atoms with E-state index in [-0.39, 0.29) is 11.6 Å². The Morgan fingerprint density at radius 1 is 1.41 bits per heavy atom. The van der Waals surface area contributed by atoms with Crippen LogP contribution in [0, 0.1) is 0 Å². The van der Waals surface area contributed by atoms with Crippen molar-refractivity contribution in [1.82, 2.24) is 4.90 Å². The van der Waals surface area contributed by atoms with Crippen LogP contribution in [0.25, 0.3) is 0 Å². The maximum atomic E-state index is 12.2. The monoisotopic (exact) mass is 303 g/mol. The molecule has 1 saturated carbocycles. The van der Waals surface area contributed by atoms with Crippen LogP contribution in [-0.2, 0) is 4.74 Å². The van der Waals surface area contributed by atoms with Crippen LogP contribution in [0.4, 0.5) is 4.79 Å². The SMILES string of the molecule is CC(C)(C)OC(=O)N1CCC(Br)CC12CCC2. The molecule has 1 amide bonds. The van der Waals surface area contributed by atoms with Crippen LogP contribution in [0.5, 0.6) is 0 Å². The van der Waals surface area contributed by atoms with E-state index in [0.29, 0.717) is 4.83 Å². The van der Waals surface area contributed by atoms with Crippen molar-refractivity contribution in [1.29, 1.82) is 0 Å². The van der Waals surface area contributed by atoms with Gasteiger partial charge < -0.3 is 9.64 Å². The summed E-state index contributed by atoms with van der Waals surface area (Å²) in [5.74, 6) is 0. The molecule has 0 aromatic heterocycles. The zero-order chi connectivity index (χ0) is 12.7. The molecule has 98 valence electrons. The fraction of sp³-hybridized carbons (Fsp3) is 0.923. The Hall–Kier alpha value is -0.250. The lowest BCUT2D eigenvalue weighted by Crippen LogP contribution is -2.61. The second-order valence-corrected chi connectivity index (χ2v) is 7.59. The van der Waals surface area contributed by atoms with Crippen molar-refractivity contribution in [3.8, 4) is 0 Å². The van der Waals surface area contributed by atoms with Gasteiger partial charge in [-0.15, -0.1) is 0 Å². The third-order valence-electron chi connectivity index (χ3n) is 3.74. The van der Waals surface area contributed by atoms with Gasteiger partial charge in [0.15, 0.2) is 0 Å². The first-order chi connectivity index (χ1) is 7.82. The number of carbonyl (C=O) groups excluding carboxylic acids is 1. The van der Waals surface area contributed by atoms with Gasteiger partial charge in [-0.2, -0.15) is 0 Å². The van der Waals surface area contributed by atoms with Gasteiger partial charge in [-0.05, 0) is 52.9 Å². The van der Waals surface area contributed by atoms with Crippen LogP contribution in [0.1, 0.15) is 52.9 Å². The molecule has 2 rings (SSSR count). The highest BCUT2D eigenvalue weighted by Gasteiger charge is 2.49. The van der Waals surface area contributed by atoms with Crippen LogP contribution in [-0.4, -0.2) is 33.5 Å². The maximum absolute atomic E-state index is 12.2. The number of ether oxygens (including phenoxy) is 1. The molecule has 2 fully saturated rings. The minimum absolute atomic E-state index is 0.0920. The number of hydrogen-bond donors (Lipinski definition) is 0. The normalized spacial score (nSPS) is 27.8. The second-order valence-electron chi connectivity index (χ2n) is 6.30. The molecule has 4 heteroatoms. The summed E-state index contributed by atoms with van der Waals surface area (Å²) >= 11 is 3.70. The van der Waals surface area contributed by atoms with Gasteiger partial charge in [-0.3, -0.25) is 0 Å². The summed E-state index contributed by atoms with van der Waals surface area (Å²) in [6, 6.07) is 0. The van der Waals surface area contributed by atoms with Gasteiger partial charge >= 0.3 is 6.09 Å². The standard InChI is InChI=1S/C13H22BrNO2/c1-12(2,3)17-11(16)15-8-5-10(14)9-13(15)6-4-7-13/h10H,4-9H2,1-3H3. The summed E-state index contributed by atoms with van der Waals surface area (Å²) in [6.07, 6.45) is 5.48. The number of hydrogen-bond acceptors (Lipinski definition) is 2. The number of likely N-dealkylation sites (tertiary alicyclic amines) is 1. The van der Waals surface area contributed by atoms with Gasteiger partial charge in [-0.1, -0.05) is 15.9 Å². The summed E-state index contributed by atoms with van der Waals surface area (Å²) in [6.45, 7) is 6.60. The minimum atomic E-state index is -0.396. The van der Waals surface area contributed by atoms with Crippen molar-refractivity contribution in [2.24, 2.45) is 0 Å². The molecular weight excluding hydrogens is 282 g/mol. The number of carbonyl (C=O) groups is 1. The van der Waals surface area contributed by atoms with Crippen LogP contribution in [0.15, 0.2) is 0 Å². The first kappa shape index (κ1) is 13.2. The molecular formula is C13H22BrNO2. The summed E-state index contributed by atoms with van der Waals surface area (Å²) in [5.41, 5.74) is -0.304. The molecule has 1 aliphatic carbocycles. The summed E-state index contributed by atoms with van der Waals surface area (Å²) in [4.78, 5) is 14.8. The van der Waals surface area contributed by atoms with E-state index in [4.69, 9.17) is 4.74 Å². The molecule has 2 aliphatic rings. The highest BCUT2D eigenvalue weighted by Crippen LogP contribution is 2.46. The summed E-state index contributed by atoms with van der Waals surface area (Å²) < 4.78 is 5.52. The van der Waals surface area contributed by atoms with Crippen molar-refractivity contribution in [3.63, 3.8) is 0 Å². The third-order valence-corrected chi connectivity index (χ3v) is 4.52. The minimum Gasteiger partial charge on any atom is -0.444 e. The van der Waals surface area contributed by atoms with Gasteiger partial charge in [0.25, 0.3) is 0 Å². The Balaban J connectivity index is 2.06. The molecule has 17 heavy (non-hydrogen) atoms. The Bertz CT molecular complexity index is 307. The van der Waals surface area contributed by atoms with Crippen molar-refractivity contribution in [2.75, 3.05) is 6.54 Å². The number of halogens is 1. The molecule has 1 spiro atoms. The molecule has 0 radical (unpaired) electrons. The molecule has 0 aromatic carbocycles. The van der Waals surface area contributed by atoms with Gasteiger partial charge in [0.1, 0.15) is 5.60 Å². The van der Waals surface area contributed by atoms with Crippen LogP contribution in [0.3, 0.4) is 0 Å². The van der Waals surface area contributed by atoms with E-state index >= 15 is 0 Å². The number of rotatable bonds is 0. The van der Waals surface area contributed by atoms with Crippen molar-refractivity contribution in [3.05, 3.63) is 0 Å². The lowest BCUT2D eigenvalue weighted by molar-refractivity contribution is -0.0410. The smallest absolute Gasteiger partial charge is 0.410 e. The lowest BCUT2D eigenvalue weighted by atomic mass is 9.70. The second kappa shape index (κ2) is 4.45. The van der Waals surface area contributed by atoms with Gasteiger partial charge in [0.05, 0.1) is 0 Å². The quantitative estimate of drug-likeness (QED) is 0.639. The van der Waals surface area contributed by atoms with E-state index in [9.17, 15) is 4.79 Å². The first-order valence-electron chi connectivity index (χ1n) is 6.47. The van der Waals surface area contributed by atoms with Crippen molar-refractivity contribution in [2.45, 2.75) is 68.8 Å². The number of nitrogens with zero attached hydrogens (tertiary/aromatic N) is 1. The van der Waals surface area contributed by atoms with E-state index < -0.39 is 5.60 Å². The highest BCUT2D eigenvalue weighted by molar-refractivity contribution is 9.09. The predicted octanol–water partition coefficient (Wildman–Crippen LogP) is 3.70. The largest absolute Gasteiger partial charge is 0.444 e. The van der Waals surface area contributed by atoms with Crippen molar-refractivity contribution >= 4 is 22.0 Å². The molecule has 1 unspecified atom stereocenters. The Morgan fingerprint density at radius 2 is 2.06 bits per heavy atom. The number of amides is 1. The van der Waals surface area contributed by atoms with E-state index in [2.05, 4.69) is 15.9 Å².